The minimum Gasteiger partial charge on any atom is -0.390 e. The Hall–Kier alpha value is -0.0800. The second-order valence-corrected chi connectivity index (χ2v) is 12.6. The lowest BCUT2D eigenvalue weighted by Crippen LogP contribution is -2.60. The highest BCUT2D eigenvalue weighted by molar-refractivity contribution is 5.12. The van der Waals surface area contributed by atoms with E-state index in [9.17, 15) is 10.2 Å². The zero-order chi connectivity index (χ0) is 21.0. The molecule has 4 saturated carbocycles. The molecule has 0 aromatic carbocycles. The van der Waals surface area contributed by atoms with Crippen molar-refractivity contribution in [3.63, 3.8) is 0 Å². The number of rotatable bonds is 5. The van der Waals surface area contributed by atoms with Crippen LogP contribution in [0.2, 0.25) is 0 Å². The second kappa shape index (κ2) is 8.12. The standard InChI is InChI=1S/C27H48O2/c1-17(2)7-6-8-18(3)21-12-13-22-20-11-9-19-10-14-24(28)25(29)27(19,5)23(20)15-16-26(21,22)4/h17-25,28-29H,6-16H2,1-5H3/t18-,19+,20?,21?,22?,23?,24?,25?,26?,27?/m1/s1. The van der Waals surface area contributed by atoms with Crippen molar-refractivity contribution < 1.29 is 10.2 Å². The Morgan fingerprint density at radius 2 is 1.55 bits per heavy atom. The maximum atomic E-state index is 11.1. The fourth-order valence-electron chi connectivity index (χ4n) is 9.35. The molecule has 0 heterocycles. The van der Waals surface area contributed by atoms with Gasteiger partial charge in [-0.1, -0.05) is 53.9 Å². The van der Waals surface area contributed by atoms with E-state index >= 15 is 0 Å². The van der Waals surface area contributed by atoms with Gasteiger partial charge < -0.3 is 10.2 Å². The summed E-state index contributed by atoms with van der Waals surface area (Å²) in [5.74, 6) is 5.46. The topological polar surface area (TPSA) is 40.5 Å². The van der Waals surface area contributed by atoms with Crippen molar-refractivity contribution in [3.05, 3.63) is 0 Å². The molecule has 0 spiro atoms. The van der Waals surface area contributed by atoms with Gasteiger partial charge >= 0.3 is 0 Å². The summed E-state index contributed by atoms with van der Waals surface area (Å²) in [6.07, 6.45) is 13.2. The molecular formula is C27H48O2. The lowest BCUT2D eigenvalue weighted by molar-refractivity contribution is -0.196. The van der Waals surface area contributed by atoms with Crippen molar-refractivity contribution in [2.75, 3.05) is 0 Å². The normalized spacial score (nSPS) is 50.7. The SMILES string of the molecule is CC(C)CCC[C@@H](C)C1CCC2C3CC[C@H]4CCC(O)C(O)C4(C)C3CCC21C. The van der Waals surface area contributed by atoms with Gasteiger partial charge in [-0.05, 0) is 98.2 Å². The Balaban J connectivity index is 1.50. The fraction of sp³-hybridized carbons (Fsp3) is 1.00. The molecule has 10 atom stereocenters. The summed E-state index contributed by atoms with van der Waals surface area (Å²) in [6, 6.07) is 0. The van der Waals surface area contributed by atoms with Gasteiger partial charge in [0.2, 0.25) is 0 Å². The molecule has 0 radical (unpaired) electrons. The van der Waals surface area contributed by atoms with Gasteiger partial charge in [-0.25, -0.2) is 0 Å². The number of hydrogen-bond acceptors (Lipinski definition) is 2. The van der Waals surface area contributed by atoms with Crippen LogP contribution in [0.4, 0.5) is 0 Å². The zero-order valence-corrected chi connectivity index (χ0v) is 19.9. The van der Waals surface area contributed by atoms with E-state index < -0.39 is 12.2 Å². The van der Waals surface area contributed by atoms with Crippen LogP contribution in [0.1, 0.15) is 105 Å². The first-order chi connectivity index (χ1) is 13.7. The molecule has 4 aliphatic carbocycles. The van der Waals surface area contributed by atoms with Gasteiger partial charge in [-0.3, -0.25) is 0 Å². The smallest absolute Gasteiger partial charge is 0.0857 e. The minimum absolute atomic E-state index is 0.0527. The van der Waals surface area contributed by atoms with Gasteiger partial charge in [0.1, 0.15) is 0 Å². The second-order valence-electron chi connectivity index (χ2n) is 12.6. The van der Waals surface area contributed by atoms with Crippen LogP contribution in [0.15, 0.2) is 0 Å². The molecule has 2 heteroatoms. The summed E-state index contributed by atoms with van der Waals surface area (Å²) in [6.45, 7) is 12.2. The molecule has 0 saturated heterocycles. The quantitative estimate of drug-likeness (QED) is 0.553. The Morgan fingerprint density at radius 3 is 2.28 bits per heavy atom. The number of fused-ring (bicyclic) bond motifs is 5. The third-order valence-corrected chi connectivity index (χ3v) is 11.0. The van der Waals surface area contributed by atoms with Crippen molar-refractivity contribution in [1.82, 2.24) is 0 Å². The average Bonchev–Trinajstić information content (AvgIpc) is 3.02. The van der Waals surface area contributed by atoms with Gasteiger partial charge in [0.25, 0.3) is 0 Å². The van der Waals surface area contributed by atoms with E-state index in [1.807, 2.05) is 0 Å². The Bertz CT molecular complexity index is 569. The van der Waals surface area contributed by atoms with Gasteiger partial charge in [0.05, 0.1) is 12.2 Å². The molecule has 0 aromatic heterocycles. The van der Waals surface area contributed by atoms with Crippen LogP contribution in [0.3, 0.4) is 0 Å². The average molecular weight is 405 g/mol. The molecule has 4 fully saturated rings. The molecule has 0 amide bonds. The number of aliphatic hydroxyl groups is 2. The van der Waals surface area contributed by atoms with E-state index in [1.54, 1.807) is 0 Å². The molecule has 4 rings (SSSR count). The first-order valence-corrected chi connectivity index (χ1v) is 13.1. The number of hydrogen-bond donors (Lipinski definition) is 2. The maximum absolute atomic E-state index is 11.1. The van der Waals surface area contributed by atoms with Crippen LogP contribution in [-0.2, 0) is 0 Å². The molecule has 0 aliphatic heterocycles. The Kier molecular flexibility index (Phi) is 6.19. The minimum atomic E-state index is -0.509. The lowest BCUT2D eigenvalue weighted by atomic mass is 9.43. The molecular weight excluding hydrogens is 356 g/mol. The molecule has 8 unspecified atom stereocenters. The van der Waals surface area contributed by atoms with Crippen molar-refractivity contribution >= 4 is 0 Å². The summed E-state index contributed by atoms with van der Waals surface area (Å²) in [4.78, 5) is 0. The molecule has 4 aliphatic rings. The summed E-state index contributed by atoms with van der Waals surface area (Å²) >= 11 is 0. The highest BCUT2D eigenvalue weighted by Crippen LogP contribution is 2.68. The van der Waals surface area contributed by atoms with E-state index in [2.05, 4.69) is 34.6 Å². The van der Waals surface area contributed by atoms with E-state index in [-0.39, 0.29) is 5.41 Å². The predicted molar refractivity (Wildman–Crippen MR) is 120 cm³/mol. The van der Waals surface area contributed by atoms with Gasteiger partial charge in [0.15, 0.2) is 0 Å². The van der Waals surface area contributed by atoms with E-state index in [0.717, 1.165) is 42.4 Å². The van der Waals surface area contributed by atoms with Crippen molar-refractivity contribution in [3.8, 4) is 0 Å². The summed E-state index contributed by atoms with van der Waals surface area (Å²) < 4.78 is 0. The highest BCUT2D eigenvalue weighted by atomic mass is 16.3. The molecule has 2 N–H and O–H groups in total. The largest absolute Gasteiger partial charge is 0.390 e. The monoisotopic (exact) mass is 404 g/mol. The molecule has 0 aromatic rings. The van der Waals surface area contributed by atoms with E-state index in [4.69, 9.17) is 0 Å². The van der Waals surface area contributed by atoms with Crippen molar-refractivity contribution in [2.45, 2.75) is 117 Å². The van der Waals surface area contributed by atoms with Gasteiger partial charge in [-0.15, -0.1) is 0 Å². The van der Waals surface area contributed by atoms with Crippen LogP contribution in [-0.4, -0.2) is 22.4 Å². The molecule has 168 valence electrons. The van der Waals surface area contributed by atoms with Crippen molar-refractivity contribution in [2.24, 2.45) is 52.3 Å². The molecule has 0 bridgehead atoms. The lowest BCUT2D eigenvalue weighted by Gasteiger charge is -2.62. The van der Waals surface area contributed by atoms with Gasteiger partial charge in [-0.2, -0.15) is 0 Å². The summed E-state index contributed by atoms with van der Waals surface area (Å²) in [5, 5.41) is 21.6. The fourth-order valence-corrected chi connectivity index (χ4v) is 9.35. The maximum Gasteiger partial charge on any atom is 0.0857 e. The molecule has 29 heavy (non-hydrogen) atoms. The number of aliphatic hydroxyl groups excluding tert-OH is 2. The summed E-state index contributed by atoms with van der Waals surface area (Å²) in [7, 11) is 0. The van der Waals surface area contributed by atoms with Crippen LogP contribution in [0.25, 0.3) is 0 Å². The summed E-state index contributed by atoms with van der Waals surface area (Å²) in [5.41, 5.74) is 0.461. The highest BCUT2D eigenvalue weighted by Gasteiger charge is 2.62. The predicted octanol–water partition coefficient (Wildman–Crippen LogP) is 6.44. The van der Waals surface area contributed by atoms with E-state index in [1.165, 1.54) is 57.8 Å². The zero-order valence-electron chi connectivity index (χ0n) is 19.9. The first kappa shape index (κ1) is 22.1. The van der Waals surface area contributed by atoms with Crippen LogP contribution in [0, 0.1) is 52.3 Å². The van der Waals surface area contributed by atoms with Gasteiger partial charge in [0, 0.05) is 5.41 Å². The van der Waals surface area contributed by atoms with Crippen LogP contribution < -0.4 is 0 Å². The molecule has 2 nitrogen and oxygen atoms in total. The third-order valence-electron chi connectivity index (χ3n) is 11.0. The van der Waals surface area contributed by atoms with Crippen molar-refractivity contribution in [1.29, 1.82) is 0 Å². The third kappa shape index (κ3) is 3.53. The first-order valence-electron chi connectivity index (χ1n) is 13.1. The van der Waals surface area contributed by atoms with E-state index in [0.29, 0.717) is 17.3 Å². The Morgan fingerprint density at radius 1 is 0.828 bits per heavy atom. The van der Waals surface area contributed by atoms with Crippen LogP contribution in [0.5, 0.6) is 0 Å². The Labute approximate surface area is 180 Å². The van der Waals surface area contributed by atoms with Crippen LogP contribution >= 0.6 is 0 Å².